The van der Waals surface area contributed by atoms with Crippen LogP contribution >= 0.6 is 15.9 Å². The number of anilines is 1. The number of halogens is 1. The van der Waals surface area contributed by atoms with Gasteiger partial charge in [-0.25, -0.2) is 9.59 Å². The van der Waals surface area contributed by atoms with E-state index in [0.717, 1.165) is 27.2 Å². The quantitative estimate of drug-likeness (QED) is 0.628. The van der Waals surface area contributed by atoms with E-state index in [1.807, 2.05) is 18.2 Å². The van der Waals surface area contributed by atoms with E-state index in [4.69, 9.17) is 29.3 Å². The monoisotopic (exact) mass is 425 g/mol. The van der Waals surface area contributed by atoms with Crippen molar-refractivity contribution >= 4 is 33.6 Å². The molecule has 7 nitrogen and oxygen atoms in total. The zero-order valence-electron chi connectivity index (χ0n) is 14.6. The summed E-state index contributed by atoms with van der Waals surface area (Å²) in [6.07, 6.45) is 0. The molecule has 0 aliphatic heterocycles. The molecule has 140 valence electrons. The molecule has 0 atom stereocenters. The molecule has 0 spiro atoms. The molecule has 0 fully saturated rings. The maximum Gasteiger partial charge on any atom is 0.414 e. The number of carboxylic acid groups (broad SMARTS) is 2. The Morgan fingerprint density at radius 2 is 1.73 bits per heavy atom. The van der Waals surface area contributed by atoms with Gasteiger partial charge in [0.15, 0.2) is 11.5 Å². The standard InChI is InChI=1S/C16H18BrNO2.C2H2O4/c1-11-7-8-14(13(17)9-11)18-10-12-5-4-6-15(19-2)16(12)20-3;3-1(4)2(5)6/h4-9,18H,10H2,1-3H3;(H,3,4)(H,5,6). The molecule has 2 aromatic rings. The van der Waals surface area contributed by atoms with Gasteiger partial charge in [0, 0.05) is 22.3 Å². The number of carbonyl (C=O) groups is 2. The highest BCUT2D eigenvalue weighted by Gasteiger charge is 2.09. The largest absolute Gasteiger partial charge is 0.493 e. The molecule has 0 heterocycles. The predicted octanol–water partition coefficient (Wildman–Crippen LogP) is 3.54. The second-order valence-electron chi connectivity index (χ2n) is 5.10. The number of methoxy groups -OCH3 is 2. The van der Waals surface area contributed by atoms with Gasteiger partial charge in [-0.2, -0.15) is 0 Å². The lowest BCUT2D eigenvalue weighted by Crippen LogP contribution is -2.09. The number of carboxylic acids is 2. The van der Waals surface area contributed by atoms with Crippen LogP contribution in [0.4, 0.5) is 5.69 Å². The van der Waals surface area contributed by atoms with Gasteiger partial charge in [-0.15, -0.1) is 0 Å². The van der Waals surface area contributed by atoms with Crippen LogP contribution in [-0.2, 0) is 16.1 Å². The van der Waals surface area contributed by atoms with Crippen molar-refractivity contribution in [2.24, 2.45) is 0 Å². The van der Waals surface area contributed by atoms with Gasteiger partial charge < -0.3 is 25.0 Å². The summed E-state index contributed by atoms with van der Waals surface area (Å²) >= 11 is 3.57. The molecule has 0 aliphatic rings. The van der Waals surface area contributed by atoms with Crippen molar-refractivity contribution in [2.75, 3.05) is 19.5 Å². The van der Waals surface area contributed by atoms with Gasteiger partial charge in [-0.3, -0.25) is 0 Å². The summed E-state index contributed by atoms with van der Waals surface area (Å²) in [5.74, 6) is -2.13. The minimum Gasteiger partial charge on any atom is -0.493 e. The van der Waals surface area contributed by atoms with Crippen molar-refractivity contribution in [3.05, 3.63) is 52.0 Å². The van der Waals surface area contributed by atoms with Gasteiger partial charge in [-0.1, -0.05) is 18.2 Å². The number of nitrogens with one attached hydrogen (secondary N) is 1. The fraction of sp³-hybridized carbons (Fsp3) is 0.222. The van der Waals surface area contributed by atoms with Crippen molar-refractivity contribution in [3.63, 3.8) is 0 Å². The van der Waals surface area contributed by atoms with Crippen LogP contribution in [0.15, 0.2) is 40.9 Å². The van der Waals surface area contributed by atoms with E-state index in [1.54, 1.807) is 14.2 Å². The first-order valence-corrected chi connectivity index (χ1v) is 8.25. The Bertz CT molecular complexity index is 766. The molecule has 0 aromatic heterocycles. The molecule has 0 radical (unpaired) electrons. The third-order valence-corrected chi connectivity index (χ3v) is 3.92. The van der Waals surface area contributed by atoms with E-state index in [0.29, 0.717) is 6.54 Å². The van der Waals surface area contributed by atoms with E-state index in [2.05, 4.69) is 46.4 Å². The van der Waals surface area contributed by atoms with Gasteiger partial charge in [0.05, 0.1) is 14.2 Å². The number of rotatable bonds is 5. The molecule has 2 aromatic carbocycles. The van der Waals surface area contributed by atoms with E-state index in [9.17, 15) is 0 Å². The van der Waals surface area contributed by atoms with Crippen LogP contribution in [0.5, 0.6) is 11.5 Å². The van der Waals surface area contributed by atoms with Crippen molar-refractivity contribution < 1.29 is 29.3 Å². The summed E-state index contributed by atoms with van der Waals surface area (Å²) in [4.78, 5) is 18.2. The molecule has 0 amide bonds. The zero-order valence-corrected chi connectivity index (χ0v) is 16.2. The molecule has 2 rings (SSSR count). The number of hydrogen-bond acceptors (Lipinski definition) is 5. The van der Waals surface area contributed by atoms with Gasteiger partial charge in [0.2, 0.25) is 0 Å². The second-order valence-corrected chi connectivity index (χ2v) is 5.95. The lowest BCUT2D eigenvalue weighted by molar-refractivity contribution is -0.159. The first kappa shape index (κ1) is 21.3. The SMILES string of the molecule is COc1cccc(CNc2ccc(C)cc2Br)c1OC.O=C(O)C(=O)O. The maximum atomic E-state index is 9.10. The van der Waals surface area contributed by atoms with Crippen LogP contribution < -0.4 is 14.8 Å². The lowest BCUT2D eigenvalue weighted by Gasteiger charge is -2.14. The van der Waals surface area contributed by atoms with Gasteiger partial charge in [-0.05, 0) is 46.6 Å². The minimum atomic E-state index is -1.82. The highest BCUT2D eigenvalue weighted by molar-refractivity contribution is 9.10. The van der Waals surface area contributed by atoms with Gasteiger partial charge >= 0.3 is 11.9 Å². The number of aryl methyl sites for hydroxylation is 1. The molecular weight excluding hydrogens is 406 g/mol. The number of para-hydroxylation sites is 1. The van der Waals surface area contributed by atoms with E-state index in [-0.39, 0.29) is 0 Å². The summed E-state index contributed by atoms with van der Waals surface area (Å²) < 4.78 is 11.8. The fourth-order valence-electron chi connectivity index (χ4n) is 2.05. The Hall–Kier alpha value is -2.74. The first-order valence-electron chi connectivity index (χ1n) is 7.46. The summed E-state index contributed by atoms with van der Waals surface area (Å²) in [5.41, 5.74) is 3.33. The van der Waals surface area contributed by atoms with E-state index >= 15 is 0 Å². The molecule has 26 heavy (non-hydrogen) atoms. The molecule has 0 aliphatic carbocycles. The summed E-state index contributed by atoms with van der Waals surface area (Å²) in [7, 11) is 3.30. The molecule has 0 unspecified atom stereocenters. The average molecular weight is 426 g/mol. The zero-order chi connectivity index (χ0) is 19.7. The van der Waals surface area contributed by atoms with Crippen LogP contribution in [-0.4, -0.2) is 36.4 Å². The number of aliphatic carboxylic acids is 2. The first-order chi connectivity index (χ1) is 12.3. The molecule has 8 heteroatoms. The number of ether oxygens (including phenoxy) is 2. The highest BCUT2D eigenvalue weighted by Crippen LogP contribution is 2.32. The maximum absolute atomic E-state index is 9.10. The lowest BCUT2D eigenvalue weighted by atomic mass is 10.1. The van der Waals surface area contributed by atoms with E-state index < -0.39 is 11.9 Å². The van der Waals surface area contributed by atoms with Gasteiger partial charge in [0.25, 0.3) is 0 Å². The molecular formula is C18H20BrNO6. The minimum absolute atomic E-state index is 0.669. The van der Waals surface area contributed by atoms with Crippen molar-refractivity contribution in [3.8, 4) is 11.5 Å². The predicted molar refractivity (Wildman–Crippen MR) is 101 cm³/mol. The number of hydrogen-bond donors (Lipinski definition) is 3. The van der Waals surface area contributed by atoms with Crippen LogP contribution in [0.3, 0.4) is 0 Å². The highest BCUT2D eigenvalue weighted by atomic mass is 79.9. The Labute approximate surface area is 159 Å². The molecule has 0 bridgehead atoms. The topological polar surface area (TPSA) is 105 Å². The average Bonchev–Trinajstić information content (AvgIpc) is 2.60. The molecule has 0 saturated heterocycles. The molecule has 3 N–H and O–H groups in total. The van der Waals surface area contributed by atoms with Crippen molar-refractivity contribution in [2.45, 2.75) is 13.5 Å². The van der Waals surface area contributed by atoms with Crippen molar-refractivity contribution in [1.82, 2.24) is 0 Å². The normalized spacial score (nSPS) is 9.54. The summed E-state index contributed by atoms with van der Waals surface area (Å²) in [5, 5.41) is 18.2. The third-order valence-electron chi connectivity index (χ3n) is 3.26. The van der Waals surface area contributed by atoms with Gasteiger partial charge in [0.1, 0.15) is 0 Å². The molecule has 0 saturated carbocycles. The Morgan fingerprint density at radius 3 is 2.23 bits per heavy atom. The Balaban J connectivity index is 0.000000487. The van der Waals surface area contributed by atoms with Crippen LogP contribution in [0, 0.1) is 6.92 Å². The van der Waals surface area contributed by atoms with Crippen LogP contribution in [0.1, 0.15) is 11.1 Å². The van der Waals surface area contributed by atoms with Crippen LogP contribution in [0.2, 0.25) is 0 Å². The summed E-state index contributed by atoms with van der Waals surface area (Å²) in [6.45, 7) is 2.74. The fourth-order valence-corrected chi connectivity index (χ4v) is 2.68. The number of benzene rings is 2. The Morgan fingerprint density at radius 1 is 1.08 bits per heavy atom. The van der Waals surface area contributed by atoms with Crippen LogP contribution in [0.25, 0.3) is 0 Å². The van der Waals surface area contributed by atoms with Crippen molar-refractivity contribution in [1.29, 1.82) is 0 Å². The van der Waals surface area contributed by atoms with E-state index in [1.165, 1.54) is 5.56 Å². The summed E-state index contributed by atoms with van der Waals surface area (Å²) in [6, 6.07) is 12.1. The Kier molecular flexibility index (Phi) is 8.44. The smallest absolute Gasteiger partial charge is 0.414 e. The third kappa shape index (κ3) is 6.29. The second kappa shape index (κ2) is 10.3.